The van der Waals surface area contributed by atoms with E-state index in [0.717, 1.165) is 0 Å². The second-order valence-corrected chi connectivity index (χ2v) is 4.98. The molecule has 6 nitrogen and oxygen atoms in total. The zero-order valence-electron chi connectivity index (χ0n) is 13.6. The van der Waals surface area contributed by atoms with Crippen molar-refractivity contribution in [3.05, 3.63) is 47.8 Å². The van der Waals surface area contributed by atoms with Gasteiger partial charge in [-0.2, -0.15) is 0 Å². The third-order valence-electron chi connectivity index (χ3n) is 3.37. The first-order valence-electron chi connectivity index (χ1n) is 7.33. The number of halogens is 1. The topological polar surface area (TPSA) is 85.6 Å². The van der Waals surface area contributed by atoms with Gasteiger partial charge in [-0.3, -0.25) is 0 Å². The summed E-state index contributed by atoms with van der Waals surface area (Å²) in [6.07, 6.45) is 0. The third kappa shape index (κ3) is 3.94. The molecule has 2 aromatic rings. The van der Waals surface area contributed by atoms with E-state index < -0.39 is 11.8 Å². The largest absolute Gasteiger partial charge is 0.465 e. The fourth-order valence-corrected chi connectivity index (χ4v) is 2.16. The molecular formula is C17H20FN3O3. The fourth-order valence-electron chi connectivity index (χ4n) is 2.16. The van der Waals surface area contributed by atoms with Gasteiger partial charge in [-0.15, -0.1) is 0 Å². The van der Waals surface area contributed by atoms with E-state index in [2.05, 4.69) is 10.6 Å². The summed E-state index contributed by atoms with van der Waals surface area (Å²) in [6.45, 7) is 0.838. The number of rotatable bonds is 7. The summed E-state index contributed by atoms with van der Waals surface area (Å²) in [5.74, 6) is -1.39. The molecule has 0 aliphatic carbocycles. The molecule has 2 rings (SSSR count). The number of ether oxygens (including phenoxy) is 2. The van der Waals surface area contributed by atoms with Gasteiger partial charge in [0.25, 0.3) is 0 Å². The van der Waals surface area contributed by atoms with Crippen LogP contribution in [0.1, 0.15) is 10.4 Å². The van der Waals surface area contributed by atoms with Crippen LogP contribution >= 0.6 is 0 Å². The Morgan fingerprint density at radius 1 is 1.25 bits per heavy atom. The highest BCUT2D eigenvalue weighted by molar-refractivity contribution is 5.99. The Hall–Kier alpha value is -2.80. The number of methoxy groups -OCH3 is 2. The average Bonchev–Trinajstić information content (AvgIpc) is 2.61. The summed E-state index contributed by atoms with van der Waals surface area (Å²) in [4.78, 5) is 12.0. The quantitative estimate of drug-likeness (QED) is 0.410. The van der Waals surface area contributed by atoms with Crippen LogP contribution in [-0.2, 0) is 9.47 Å². The van der Waals surface area contributed by atoms with E-state index in [-0.39, 0.29) is 16.9 Å². The van der Waals surface area contributed by atoms with Crippen molar-refractivity contribution in [1.82, 2.24) is 0 Å². The number of hydrogen-bond donors (Lipinski definition) is 3. The number of anilines is 4. The van der Waals surface area contributed by atoms with E-state index in [9.17, 15) is 9.18 Å². The van der Waals surface area contributed by atoms with Gasteiger partial charge < -0.3 is 25.8 Å². The predicted octanol–water partition coefficient (Wildman–Crippen LogP) is 3.00. The Balaban J connectivity index is 2.44. The van der Waals surface area contributed by atoms with Gasteiger partial charge in [0.1, 0.15) is 0 Å². The lowest BCUT2D eigenvalue weighted by molar-refractivity contribution is 0.0601. The second-order valence-electron chi connectivity index (χ2n) is 4.98. The number of para-hydroxylation sites is 1. The van der Waals surface area contributed by atoms with E-state index in [0.29, 0.717) is 24.5 Å². The molecule has 0 amide bonds. The molecule has 0 radical (unpaired) electrons. The Labute approximate surface area is 139 Å². The van der Waals surface area contributed by atoms with Gasteiger partial charge in [0.2, 0.25) is 0 Å². The van der Waals surface area contributed by atoms with Gasteiger partial charge in [0.05, 0.1) is 36.3 Å². The van der Waals surface area contributed by atoms with E-state index in [1.54, 1.807) is 31.4 Å². The molecule has 0 bridgehead atoms. The first-order chi connectivity index (χ1) is 11.6. The minimum atomic E-state index is -0.721. The highest BCUT2D eigenvalue weighted by atomic mass is 19.1. The molecule has 0 spiro atoms. The molecular weight excluding hydrogens is 313 g/mol. The smallest absolute Gasteiger partial charge is 0.340 e. The Morgan fingerprint density at radius 2 is 1.96 bits per heavy atom. The molecule has 0 saturated heterocycles. The van der Waals surface area contributed by atoms with Gasteiger partial charge in [0, 0.05) is 19.3 Å². The van der Waals surface area contributed by atoms with Crippen molar-refractivity contribution in [3.63, 3.8) is 0 Å². The summed E-state index contributed by atoms with van der Waals surface area (Å²) >= 11 is 0. The average molecular weight is 333 g/mol. The van der Waals surface area contributed by atoms with Crippen LogP contribution in [0.5, 0.6) is 0 Å². The first kappa shape index (κ1) is 17.6. The van der Waals surface area contributed by atoms with Crippen LogP contribution in [0.3, 0.4) is 0 Å². The molecule has 2 aromatic carbocycles. The lowest BCUT2D eigenvalue weighted by atomic mass is 10.1. The summed E-state index contributed by atoms with van der Waals surface area (Å²) in [5, 5.41) is 5.82. The Morgan fingerprint density at radius 3 is 2.58 bits per heavy atom. The molecule has 0 saturated carbocycles. The number of esters is 1. The molecule has 7 heteroatoms. The van der Waals surface area contributed by atoms with E-state index in [1.807, 2.05) is 6.07 Å². The van der Waals surface area contributed by atoms with Crippen LogP contribution in [0, 0.1) is 5.82 Å². The maximum Gasteiger partial charge on any atom is 0.340 e. The van der Waals surface area contributed by atoms with Crippen molar-refractivity contribution in [1.29, 1.82) is 0 Å². The summed E-state index contributed by atoms with van der Waals surface area (Å²) in [6, 6.07) is 10.4. The number of hydrogen-bond acceptors (Lipinski definition) is 6. The molecule has 0 unspecified atom stereocenters. The van der Waals surface area contributed by atoms with Crippen LogP contribution in [0.4, 0.5) is 27.1 Å². The van der Waals surface area contributed by atoms with Gasteiger partial charge >= 0.3 is 5.97 Å². The zero-order valence-corrected chi connectivity index (χ0v) is 13.6. The SMILES string of the molecule is COCCNc1cc(C(=O)OC)c(Nc2ccccc2)c(F)c1N. The van der Waals surface area contributed by atoms with Gasteiger partial charge in [-0.1, -0.05) is 18.2 Å². The highest BCUT2D eigenvalue weighted by Gasteiger charge is 2.21. The van der Waals surface area contributed by atoms with Crippen LogP contribution in [0.2, 0.25) is 0 Å². The van der Waals surface area contributed by atoms with E-state index in [1.165, 1.54) is 13.2 Å². The normalized spacial score (nSPS) is 10.3. The molecule has 0 aliphatic rings. The monoisotopic (exact) mass is 333 g/mol. The van der Waals surface area contributed by atoms with Crippen molar-refractivity contribution in [3.8, 4) is 0 Å². The maximum absolute atomic E-state index is 14.7. The number of carbonyl (C=O) groups excluding carboxylic acids is 1. The number of nitrogens with two attached hydrogens (primary N) is 1. The Bertz CT molecular complexity index is 708. The molecule has 0 heterocycles. The second kappa shape index (κ2) is 8.16. The summed E-state index contributed by atoms with van der Waals surface area (Å²) in [7, 11) is 2.79. The minimum Gasteiger partial charge on any atom is -0.465 e. The number of carbonyl (C=O) groups is 1. The van der Waals surface area contributed by atoms with Crippen molar-refractivity contribution < 1.29 is 18.7 Å². The van der Waals surface area contributed by atoms with Crippen LogP contribution in [0.15, 0.2) is 36.4 Å². The van der Waals surface area contributed by atoms with Gasteiger partial charge in [0.15, 0.2) is 5.82 Å². The van der Waals surface area contributed by atoms with Crippen molar-refractivity contribution in [2.75, 3.05) is 43.7 Å². The Kier molecular flexibility index (Phi) is 5.97. The summed E-state index contributed by atoms with van der Waals surface area (Å²) < 4.78 is 24.4. The highest BCUT2D eigenvalue weighted by Crippen LogP contribution is 2.34. The van der Waals surface area contributed by atoms with E-state index >= 15 is 0 Å². The lowest BCUT2D eigenvalue weighted by Crippen LogP contribution is -2.14. The molecule has 0 aromatic heterocycles. The van der Waals surface area contributed by atoms with Crippen molar-refractivity contribution in [2.45, 2.75) is 0 Å². The van der Waals surface area contributed by atoms with Crippen molar-refractivity contribution >= 4 is 28.7 Å². The standard InChI is InChI=1S/C17H20FN3O3/c1-23-9-8-20-13-10-12(17(22)24-2)16(14(18)15(13)19)21-11-6-4-3-5-7-11/h3-7,10,20-21H,8-9,19H2,1-2H3. The fraction of sp³-hybridized carbons (Fsp3) is 0.235. The molecule has 0 aliphatic heterocycles. The van der Waals surface area contributed by atoms with Gasteiger partial charge in [-0.05, 0) is 18.2 Å². The number of benzene rings is 2. The first-order valence-corrected chi connectivity index (χ1v) is 7.33. The molecule has 4 N–H and O–H groups in total. The van der Waals surface area contributed by atoms with Gasteiger partial charge in [-0.25, -0.2) is 9.18 Å². The van der Waals surface area contributed by atoms with Crippen LogP contribution < -0.4 is 16.4 Å². The zero-order chi connectivity index (χ0) is 17.5. The molecule has 0 fully saturated rings. The summed E-state index contributed by atoms with van der Waals surface area (Å²) in [5.41, 5.74) is 6.73. The molecule has 128 valence electrons. The third-order valence-corrected chi connectivity index (χ3v) is 3.37. The minimum absolute atomic E-state index is 0.0251. The lowest BCUT2D eigenvalue weighted by Gasteiger charge is -2.17. The molecule has 0 atom stereocenters. The predicted molar refractivity (Wildman–Crippen MR) is 92.2 cm³/mol. The maximum atomic E-state index is 14.7. The van der Waals surface area contributed by atoms with E-state index in [4.69, 9.17) is 15.2 Å². The number of nitrogen functional groups attached to an aromatic ring is 1. The van der Waals surface area contributed by atoms with Crippen LogP contribution in [0.25, 0.3) is 0 Å². The van der Waals surface area contributed by atoms with Crippen molar-refractivity contribution in [2.24, 2.45) is 0 Å². The number of nitrogens with one attached hydrogen (secondary N) is 2. The van der Waals surface area contributed by atoms with Crippen LogP contribution in [-0.4, -0.2) is 33.3 Å². The molecule has 24 heavy (non-hydrogen) atoms.